The van der Waals surface area contributed by atoms with E-state index < -0.39 is 0 Å². The molecule has 90 valence electrons. The van der Waals surface area contributed by atoms with Gasteiger partial charge in [-0.1, -0.05) is 32.1 Å². The molecule has 2 nitrogen and oxygen atoms in total. The second-order valence-corrected chi connectivity index (χ2v) is 5.91. The van der Waals surface area contributed by atoms with Gasteiger partial charge in [0, 0.05) is 17.1 Å². The van der Waals surface area contributed by atoms with Gasteiger partial charge in [0.05, 0.1) is 5.51 Å². The van der Waals surface area contributed by atoms with Gasteiger partial charge in [0.1, 0.15) is 0 Å². The molecular weight excluding hydrogens is 216 g/mol. The van der Waals surface area contributed by atoms with E-state index in [1.54, 1.807) is 11.3 Å². The molecule has 0 spiro atoms. The lowest BCUT2D eigenvalue weighted by Crippen LogP contribution is -2.32. The maximum Gasteiger partial charge on any atom is 0.0794 e. The first-order valence-electron chi connectivity index (χ1n) is 6.49. The van der Waals surface area contributed by atoms with Gasteiger partial charge in [0.2, 0.25) is 0 Å². The first-order chi connectivity index (χ1) is 7.86. The van der Waals surface area contributed by atoms with Crippen molar-refractivity contribution in [2.45, 2.75) is 57.4 Å². The van der Waals surface area contributed by atoms with Crippen LogP contribution in [0, 0.1) is 5.92 Å². The van der Waals surface area contributed by atoms with Crippen molar-refractivity contribution >= 4 is 11.3 Å². The van der Waals surface area contributed by atoms with Gasteiger partial charge in [-0.2, -0.15) is 0 Å². The second kappa shape index (κ2) is 6.36. The molecule has 1 atom stereocenters. The van der Waals surface area contributed by atoms with Crippen molar-refractivity contribution in [1.29, 1.82) is 0 Å². The standard InChI is InChI=1S/C13H22N2S/c14-13(8-12-9-15-10-16-12)11-6-4-2-1-3-5-7-11/h9-11,13H,1-8,14H2. The van der Waals surface area contributed by atoms with Crippen LogP contribution in [0.2, 0.25) is 0 Å². The van der Waals surface area contributed by atoms with Crippen molar-refractivity contribution in [3.63, 3.8) is 0 Å². The highest BCUT2D eigenvalue weighted by molar-refractivity contribution is 7.09. The van der Waals surface area contributed by atoms with Crippen LogP contribution in [0.4, 0.5) is 0 Å². The van der Waals surface area contributed by atoms with Crippen LogP contribution in [0.5, 0.6) is 0 Å². The van der Waals surface area contributed by atoms with Gasteiger partial charge >= 0.3 is 0 Å². The van der Waals surface area contributed by atoms with E-state index in [0.29, 0.717) is 6.04 Å². The average molecular weight is 238 g/mol. The molecule has 3 heteroatoms. The summed E-state index contributed by atoms with van der Waals surface area (Å²) in [4.78, 5) is 5.46. The van der Waals surface area contributed by atoms with Crippen LogP contribution in [0.1, 0.15) is 49.8 Å². The van der Waals surface area contributed by atoms with E-state index in [1.165, 1.54) is 49.8 Å². The SMILES string of the molecule is NC(Cc1cncs1)C1CCCCCCC1. The zero-order valence-electron chi connectivity index (χ0n) is 9.90. The van der Waals surface area contributed by atoms with Crippen LogP contribution in [-0.2, 0) is 6.42 Å². The Kier molecular flexibility index (Phi) is 4.79. The highest BCUT2D eigenvalue weighted by atomic mass is 32.1. The van der Waals surface area contributed by atoms with Crippen LogP contribution in [0.25, 0.3) is 0 Å². The Morgan fingerprint density at radius 3 is 2.56 bits per heavy atom. The molecule has 2 N–H and O–H groups in total. The molecule has 0 aliphatic heterocycles. The van der Waals surface area contributed by atoms with Gasteiger partial charge in [0.15, 0.2) is 0 Å². The minimum atomic E-state index is 0.346. The van der Waals surface area contributed by atoms with E-state index in [9.17, 15) is 0 Å². The molecular formula is C13H22N2S. The molecule has 1 aliphatic carbocycles. The van der Waals surface area contributed by atoms with Gasteiger partial charge in [-0.15, -0.1) is 11.3 Å². The van der Waals surface area contributed by atoms with Crippen LogP contribution >= 0.6 is 11.3 Å². The van der Waals surface area contributed by atoms with Crippen LogP contribution in [0.15, 0.2) is 11.7 Å². The van der Waals surface area contributed by atoms with E-state index in [0.717, 1.165) is 12.3 Å². The molecule has 1 aliphatic rings. The molecule has 0 aromatic carbocycles. The highest BCUT2D eigenvalue weighted by Gasteiger charge is 2.19. The normalized spacial score (nSPS) is 21.3. The fourth-order valence-corrected chi connectivity index (χ4v) is 3.33. The second-order valence-electron chi connectivity index (χ2n) is 4.94. The summed E-state index contributed by atoms with van der Waals surface area (Å²) in [5.41, 5.74) is 8.24. The lowest BCUT2D eigenvalue weighted by Gasteiger charge is -2.25. The Morgan fingerprint density at radius 1 is 1.25 bits per heavy atom. The average Bonchev–Trinajstić information content (AvgIpc) is 2.69. The minimum absolute atomic E-state index is 0.346. The van der Waals surface area contributed by atoms with Crippen LogP contribution < -0.4 is 5.73 Å². The van der Waals surface area contributed by atoms with E-state index in [2.05, 4.69) is 4.98 Å². The van der Waals surface area contributed by atoms with E-state index in [1.807, 2.05) is 11.7 Å². The lowest BCUT2D eigenvalue weighted by atomic mass is 9.85. The fraction of sp³-hybridized carbons (Fsp3) is 0.769. The van der Waals surface area contributed by atoms with Crippen molar-refractivity contribution in [3.8, 4) is 0 Å². The molecule has 0 saturated heterocycles. The Labute approximate surface area is 102 Å². The summed E-state index contributed by atoms with van der Waals surface area (Å²) in [5.74, 6) is 0.738. The molecule has 1 saturated carbocycles. The molecule has 16 heavy (non-hydrogen) atoms. The van der Waals surface area contributed by atoms with Crippen molar-refractivity contribution in [3.05, 3.63) is 16.6 Å². The predicted molar refractivity (Wildman–Crippen MR) is 69.6 cm³/mol. The third kappa shape index (κ3) is 3.56. The Hall–Kier alpha value is -0.410. The summed E-state index contributed by atoms with van der Waals surface area (Å²) < 4.78 is 0. The molecule has 2 rings (SSSR count). The van der Waals surface area contributed by atoms with E-state index in [4.69, 9.17) is 5.73 Å². The molecule has 1 aromatic rings. The molecule has 1 unspecified atom stereocenters. The van der Waals surface area contributed by atoms with Gasteiger partial charge in [-0.3, -0.25) is 4.98 Å². The number of hydrogen-bond donors (Lipinski definition) is 1. The topological polar surface area (TPSA) is 38.9 Å². The Balaban J connectivity index is 1.84. The highest BCUT2D eigenvalue weighted by Crippen LogP contribution is 2.26. The Morgan fingerprint density at radius 2 is 1.94 bits per heavy atom. The summed E-state index contributed by atoms with van der Waals surface area (Å²) >= 11 is 1.73. The molecule has 0 bridgehead atoms. The van der Waals surface area contributed by atoms with E-state index in [-0.39, 0.29) is 0 Å². The molecule has 1 aromatic heterocycles. The predicted octanol–water partition coefficient (Wildman–Crippen LogP) is 3.37. The number of hydrogen-bond acceptors (Lipinski definition) is 3. The van der Waals surface area contributed by atoms with E-state index >= 15 is 0 Å². The van der Waals surface area contributed by atoms with Gasteiger partial charge < -0.3 is 5.73 Å². The molecule has 0 amide bonds. The number of nitrogens with zero attached hydrogens (tertiary/aromatic N) is 1. The van der Waals surface area contributed by atoms with Gasteiger partial charge in [-0.25, -0.2) is 0 Å². The zero-order valence-corrected chi connectivity index (χ0v) is 10.7. The third-order valence-corrected chi connectivity index (χ3v) is 4.48. The first-order valence-corrected chi connectivity index (χ1v) is 7.37. The molecule has 0 radical (unpaired) electrons. The largest absolute Gasteiger partial charge is 0.327 e. The van der Waals surface area contributed by atoms with Crippen LogP contribution in [0.3, 0.4) is 0 Å². The maximum atomic E-state index is 6.34. The summed E-state index contributed by atoms with van der Waals surface area (Å²) in [6, 6.07) is 0.346. The molecule has 1 heterocycles. The number of rotatable bonds is 3. The fourth-order valence-electron chi connectivity index (χ4n) is 2.66. The smallest absolute Gasteiger partial charge is 0.0794 e. The first kappa shape index (κ1) is 12.1. The lowest BCUT2D eigenvalue weighted by molar-refractivity contribution is 0.322. The van der Waals surface area contributed by atoms with Crippen LogP contribution in [-0.4, -0.2) is 11.0 Å². The monoisotopic (exact) mass is 238 g/mol. The molecule has 1 fully saturated rings. The van der Waals surface area contributed by atoms with Crippen molar-refractivity contribution < 1.29 is 0 Å². The maximum absolute atomic E-state index is 6.34. The Bertz CT molecular complexity index is 276. The van der Waals surface area contributed by atoms with Gasteiger partial charge in [0.25, 0.3) is 0 Å². The zero-order chi connectivity index (χ0) is 11.2. The minimum Gasteiger partial charge on any atom is -0.327 e. The summed E-state index contributed by atoms with van der Waals surface area (Å²) in [6.07, 6.45) is 12.6. The van der Waals surface area contributed by atoms with Crippen molar-refractivity contribution in [2.24, 2.45) is 11.7 Å². The summed E-state index contributed by atoms with van der Waals surface area (Å²) in [6.45, 7) is 0. The van der Waals surface area contributed by atoms with Gasteiger partial charge in [-0.05, 0) is 25.2 Å². The summed E-state index contributed by atoms with van der Waals surface area (Å²) in [7, 11) is 0. The number of nitrogens with two attached hydrogens (primary N) is 1. The number of thiazole rings is 1. The third-order valence-electron chi connectivity index (χ3n) is 3.68. The van der Waals surface area contributed by atoms with Crippen molar-refractivity contribution in [2.75, 3.05) is 0 Å². The quantitative estimate of drug-likeness (QED) is 0.877. The number of aromatic nitrogens is 1. The summed E-state index contributed by atoms with van der Waals surface area (Å²) in [5, 5.41) is 0. The van der Waals surface area contributed by atoms with Crippen molar-refractivity contribution in [1.82, 2.24) is 4.98 Å².